The fourth-order valence-corrected chi connectivity index (χ4v) is 2.08. The van der Waals surface area contributed by atoms with Gasteiger partial charge in [-0.2, -0.15) is 16.4 Å². The van der Waals surface area contributed by atoms with Crippen LogP contribution in [0.15, 0.2) is 23.0 Å². The predicted octanol–water partition coefficient (Wildman–Crippen LogP) is 3.16. The van der Waals surface area contributed by atoms with Crippen LogP contribution in [0.2, 0.25) is 0 Å². The van der Waals surface area contributed by atoms with Crippen molar-refractivity contribution >= 4 is 17.0 Å². The molecule has 0 aliphatic carbocycles. The number of anilines is 1. The second-order valence-corrected chi connectivity index (χ2v) is 4.46. The van der Waals surface area contributed by atoms with Gasteiger partial charge in [0.25, 0.3) is 0 Å². The van der Waals surface area contributed by atoms with E-state index in [-0.39, 0.29) is 0 Å². The Balaban J connectivity index is 2.38. The van der Waals surface area contributed by atoms with Gasteiger partial charge >= 0.3 is 0 Å². The standard InChI is InChI=1S/C11H15N3S/c1-3-8(2)14-6-10(12)11(13-14)9-4-5-15-7-9/h4-8H,3,12H2,1-2H3. The average Bonchev–Trinajstić information content (AvgIpc) is 2.84. The van der Waals surface area contributed by atoms with E-state index >= 15 is 0 Å². The number of thiophene rings is 1. The van der Waals surface area contributed by atoms with Crippen LogP contribution < -0.4 is 5.73 Å². The molecule has 2 aromatic rings. The second-order valence-electron chi connectivity index (χ2n) is 3.68. The minimum atomic E-state index is 0.402. The first-order chi connectivity index (χ1) is 7.22. The van der Waals surface area contributed by atoms with Gasteiger partial charge in [-0.3, -0.25) is 4.68 Å². The Labute approximate surface area is 93.5 Å². The highest BCUT2D eigenvalue weighted by Crippen LogP contribution is 2.27. The van der Waals surface area contributed by atoms with Crippen LogP contribution in [0.5, 0.6) is 0 Å². The maximum absolute atomic E-state index is 5.95. The molecule has 2 aromatic heterocycles. The van der Waals surface area contributed by atoms with Crippen molar-refractivity contribution < 1.29 is 0 Å². The zero-order valence-corrected chi connectivity index (χ0v) is 9.79. The Morgan fingerprint density at radius 2 is 2.40 bits per heavy atom. The van der Waals surface area contributed by atoms with Gasteiger partial charge < -0.3 is 5.73 Å². The molecule has 2 N–H and O–H groups in total. The molecule has 0 fully saturated rings. The molecule has 1 unspecified atom stereocenters. The molecule has 0 aliphatic rings. The lowest BCUT2D eigenvalue weighted by atomic mass is 10.2. The molecule has 4 heteroatoms. The summed E-state index contributed by atoms with van der Waals surface area (Å²) in [6.45, 7) is 4.29. The summed E-state index contributed by atoms with van der Waals surface area (Å²) >= 11 is 1.66. The van der Waals surface area contributed by atoms with Gasteiger partial charge in [-0.05, 0) is 24.8 Å². The van der Waals surface area contributed by atoms with Crippen LogP contribution in [0.25, 0.3) is 11.3 Å². The largest absolute Gasteiger partial charge is 0.396 e. The molecule has 2 rings (SSSR count). The first kappa shape index (κ1) is 10.2. The molecule has 3 nitrogen and oxygen atoms in total. The zero-order chi connectivity index (χ0) is 10.8. The quantitative estimate of drug-likeness (QED) is 0.865. The van der Waals surface area contributed by atoms with Crippen LogP contribution in [0.3, 0.4) is 0 Å². The Bertz CT molecular complexity index is 431. The Morgan fingerprint density at radius 1 is 1.60 bits per heavy atom. The highest BCUT2D eigenvalue weighted by Gasteiger charge is 2.11. The van der Waals surface area contributed by atoms with E-state index in [1.54, 1.807) is 11.3 Å². The molecule has 1 atom stereocenters. The van der Waals surface area contributed by atoms with Crippen molar-refractivity contribution in [3.63, 3.8) is 0 Å². The highest BCUT2D eigenvalue weighted by molar-refractivity contribution is 7.08. The molecule has 0 saturated carbocycles. The van der Waals surface area contributed by atoms with E-state index in [9.17, 15) is 0 Å². The number of nitrogens with two attached hydrogens (primary N) is 1. The molecule has 0 saturated heterocycles. The van der Waals surface area contributed by atoms with E-state index in [0.717, 1.165) is 23.4 Å². The maximum atomic E-state index is 5.95. The van der Waals surface area contributed by atoms with E-state index in [0.29, 0.717) is 6.04 Å². The van der Waals surface area contributed by atoms with Crippen molar-refractivity contribution in [1.29, 1.82) is 0 Å². The van der Waals surface area contributed by atoms with E-state index < -0.39 is 0 Å². The van der Waals surface area contributed by atoms with Gasteiger partial charge in [-0.25, -0.2) is 0 Å². The molecule has 0 aromatic carbocycles. The molecule has 0 amide bonds. The van der Waals surface area contributed by atoms with Gasteiger partial charge in [-0.1, -0.05) is 6.92 Å². The molecule has 0 aliphatic heterocycles. The Morgan fingerprint density at radius 3 is 3.00 bits per heavy atom. The Kier molecular flexibility index (Phi) is 2.77. The van der Waals surface area contributed by atoms with Gasteiger partial charge in [0.1, 0.15) is 5.69 Å². The summed E-state index contributed by atoms with van der Waals surface area (Å²) in [5.74, 6) is 0. The minimum Gasteiger partial charge on any atom is -0.396 e. The van der Waals surface area contributed by atoms with Crippen molar-refractivity contribution in [1.82, 2.24) is 9.78 Å². The highest BCUT2D eigenvalue weighted by atomic mass is 32.1. The number of rotatable bonds is 3. The van der Waals surface area contributed by atoms with Crippen LogP contribution in [-0.4, -0.2) is 9.78 Å². The third-order valence-electron chi connectivity index (χ3n) is 2.60. The number of nitrogen functional groups attached to an aromatic ring is 1. The lowest BCUT2D eigenvalue weighted by Gasteiger charge is -2.07. The molecule has 0 spiro atoms. The summed E-state index contributed by atoms with van der Waals surface area (Å²) in [4.78, 5) is 0. The van der Waals surface area contributed by atoms with Crippen molar-refractivity contribution in [2.75, 3.05) is 5.73 Å². The van der Waals surface area contributed by atoms with Crippen molar-refractivity contribution in [2.24, 2.45) is 0 Å². The van der Waals surface area contributed by atoms with Crippen LogP contribution in [-0.2, 0) is 0 Å². The molecular formula is C11H15N3S. The first-order valence-electron chi connectivity index (χ1n) is 5.09. The molecular weight excluding hydrogens is 206 g/mol. The van der Waals surface area contributed by atoms with Crippen molar-refractivity contribution in [3.8, 4) is 11.3 Å². The van der Waals surface area contributed by atoms with Gasteiger partial charge in [0.15, 0.2) is 0 Å². The van der Waals surface area contributed by atoms with Crippen molar-refractivity contribution in [3.05, 3.63) is 23.0 Å². The molecule has 80 valence electrons. The van der Waals surface area contributed by atoms with Gasteiger partial charge in [0.05, 0.1) is 5.69 Å². The number of hydrogen-bond acceptors (Lipinski definition) is 3. The van der Waals surface area contributed by atoms with E-state index in [1.807, 2.05) is 22.3 Å². The lowest BCUT2D eigenvalue weighted by molar-refractivity contribution is 0.479. The second kappa shape index (κ2) is 4.06. The summed E-state index contributed by atoms with van der Waals surface area (Å²) in [5, 5.41) is 8.63. The third kappa shape index (κ3) is 1.90. The predicted molar refractivity (Wildman–Crippen MR) is 65.0 cm³/mol. The van der Waals surface area contributed by atoms with Crippen LogP contribution in [0, 0.1) is 0 Å². The fourth-order valence-electron chi connectivity index (χ4n) is 1.44. The zero-order valence-electron chi connectivity index (χ0n) is 8.97. The molecule has 2 heterocycles. The van der Waals surface area contributed by atoms with Crippen LogP contribution in [0.4, 0.5) is 5.69 Å². The monoisotopic (exact) mass is 221 g/mol. The normalized spacial score (nSPS) is 12.9. The van der Waals surface area contributed by atoms with E-state index in [2.05, 4.69) is 24.3 Å². The summed E-state index contributed by atoms with van der Waals surface area (Å²) in [5.41, 5.74) is 8.71. The fraction of sp³-hybridized carbons (Fsp3) is 0.364. The SMILES string of the molecule is CCC(C)n1cc(N)c(-c2ccsc2)n1. The minimum absolute atomic E-state index is 0.402. The number of nitrogens with zero attached hydrogens (tertiary/aromatic N) is 2. The van der Waals surface area contributed by atoms with Gasteiger partial charge in [0.2, 0.25) is 0 Å². The molecule has 15 heavy (non-hydrogen) atoms. The van der Waals surface area contributed by atoms with Crippen LogP contribution >= 0.6 is 11.3 Å². The summed E-state index contributed by atoms with van der Waals surface area (Å²) in [7, 11) is 0. The summed E-state index contributed by atoms with van der Waals surface area (Å²) < 4.78 is 1.95. The van der Waals surface area contributed by atoms with Crippen molar-refractivity contribution in [2.45, 2.75) is 26.3 Å². The third-order valence-corrected chi connectivity index (χ3v) is 3.28. The molecule has 0 bridgehead atoms. The summed E-state index contributed by atoms with van der Waals surface area (Å²) in [6, 6.07) is 2.45. The van der Waals surface area contributed by atoms with Gasteiger partial charge in [-0.15, -0.1) is 0 Å². The van der Waals surface area contributed by atoms with Gasteiger partial charge in [0, 0.05) is 23.2 Å². The topological polar surface area (TPSA) is 43.8 Å². The lowest BCUT2D eigenvalue weighted by Crippen LogP contribution is -2.03. The Hall–Kier alpha value is -1.29. The maximum Gasteiger partial charge on any atom is 0.116 e. The molecule has 0 radical (unpaired) electrons. The number of aromatic nitrogens is 2. The smallest absolute Gasteiger partial charge is 0.116 e. The summed E-state index contributed by atoms with van der Waals surface area (Å²) in [6.07, 6.45) is 2.98. The van der Waals surface area contributed by atoms with E-state index in [1.165, 1.54) is 0 Å². The van der Waals surface area contributed by atoms with Crippen LogP contribution in [0.1, 0.15) is 26.3 Å². The first-order valence-corrected chi connectivity index (χ1v) is 6.03. The van der Waals surface area contributed by atoms with E-state index in [4.69, 9.17) is 5.73 Å². The number of hydrogen-bond donors (Lipinski definition) is 1. The average molecular weight is 221 g/mol.